The quantitative estimate of drug-likeness (QED) is 0.757. The summed E-state index contributed by atoms with van der Waals surface area (Å²) in [4.78, 5) is 30.2. The second kappa shape index (κ2) is 5.97. The van der Waals surface area contributed by atoms with Gasteiger partial charge in [0.15, 0.2) is 0 Å². The van der Waals surface area contributed by atoms with Crippen molar-refractivity contribution in [1.29, 1.82) is 0 Å². The molecule has 0 saturated heterocycles. The van der Waals surface area contributed by atoms with E-state index in [0.29, 0.717) is 23.4 Å². The summed E-state index contributed by atoms with van der Waals surface area (Å²) >= 11 is 5.87. The normalized spacial score (nSPS) is 10.4. The third-order valence-electron chi connectivity index (χ3n) is 3.01. The Morgan fingerprint density at radius 2 is 2.14 bits per heavy atom. The highest BCUT2D eigenvalue weighted by Gasteiger charge is 2.18. The van der Waals surface area contributed by atoms with Crippen molar-refractivity contribution in [2.24, 2.45) is 0 Å². The maximum absolute atomic E-state index is 12.2. The number of nitrogens with zero attached hydrogens (tertiary/aromatic N) is 1. The largest absolute Gasteiger partial charge is 0.478 e. The van der Waals surface area contributed by atoms with Gasteiger partial charge in [-0.2, -0.15) is 0 Å². The molecule has 2 aromatic heterocycles. The molecular weight excluding hydrogens is 294 g/mol. The third-order valence-corrected chi connectivity index (χ3v) is 3.20. The number of H-pyrrole nitrogens is 1. The maximum Gasteiger partial charge on any atom is 0.339 e. The number of pyridine rings is 1. The summed E-state index contributed by atoms with van der Waals surface area (Å²) in [6, 6.07) is 3.07. The standard InChI is InChI=1S/C14H14ClN3O3/c1-3-9-4-8(5-11(15)17-9)13(19)18-10-6-16-7(2)12(10)14(20)21/h4-6,16H,3H2,1-2H3,(H,18,19)(H,20,21). The van der Waals surface area contributed by atoms with Crippen molar-refractivity contribution in [2.75, 3.05) is 5.32 Å². The number of aromatic amines is 1. The molecule has 2 rings (SSSR count). The highest BCUT2D eigenvalue weighted by molar-refractivity contribution is 6.29. The van der Waals surface area contributed by atoms with Crippen molar-refractivity contribution in [3.63, 3.8) is 0 Å². The van der Waals surface area contributed by atoms with Gasteiger partial charge in [0.05, 0.1) is 5.69 Å². The molecule has 0 fully saturated rings. The topological polar surface area (TPSA) is 95.1 Å². The van der Waals surface area contributed by atoms with Crippen LogP contribution in [-0.2, 0) is 6.42 Å². The number of carbonyl (C=O) groups is 2. The molecule has 3 N–H and O–H groups in total. The molecule has 0 bridgehead atoms. The molecule has 6 nitrogen and oxygen atoms in total. The van der Waals surface area contributed by atoms with E-state index in [4.69, 9.17) is 16.7 Å². The van der Waals surface area contributed by atoms with E-state index in [2.05, 4.69) is 15.3 Å². The van der Waals surface area contributed by atoms with Gasteiger partial charge >= 0.3 is 5.97 Å². The van der Waals surface area contributed by atoms with Crippen LogP contribution in [0, 0.1) is 6.92 Å². The number of hydrogen-bond donors (Lipinski definition) is 3. The van der Waals surface area contributed by atoms with Gasteiger partial charge in [0.25, 0.3) is 5.91 Å². The number of carboxylic acid groups (broad SMARTS) is 1. The fourth-order valence-corrected chi connectivity index (χ4v) is 2.18. The molecule has 0 aromatic carbocycles. The van der Waals surface area contributed by atoms with Crippen LogP contribution in [0.4, 0.5) is 5.69 Å². The zero-order valence-corrected chi connectivity index (χ0v) is 12.3. The summed E-state index contributed by atoms with van der Waals surface area (Å²) in [6.45, 7) is 3.52. The molecular formula is C14H14ClN3O3. The third kappa shape index (κ3) is 3.22. The zero-order chi connectivity index (χ0) is 15.6. The van der Waals surface area contributed by atoms with Gasteiger partial charge < -0.3 is 15.4 Å². The fraction of sp³-hybridized carbons (Fsp3) is 0.214. The molecule has 0 aliphatic heterocycles. The molecule has 21 heavy (non-hydrogen) atoms. The SMILES string of the molecule is CCc1cc(C(=O)Nc2c[nH]c(C)c2C(=O)O)cc(Cl)n1. The summed E-state index contributed by atoms with van der Waals surface area (Å²) in [6.07, 6.45) is 2.09. The lowest BCUT2D eigenvalue weighted by Gasteiger charge is -2.07. The number of halogens is 1. The Bertz CT molecular complexity index is 709. The van der Waals surface area contributed by atoms with Gasteiger partial charge in [-0.15, -0.1) is 0 Å². The lowest BCUT2D eigenvalue weighted by molar-refractivity contribution is 0.0697. The molecule has 2 aromatic rings. The Kier molecular flexibility index (Phi) is 4.28. The van der Waals surface area contributed by atoms with Crippen molar-refractivity contribution in [1.82, 2.24) is 9.97 Å². The molecule has 0 spiro atoms. The minimum Gasteiger partial charge on any atom is -0.478 e. The van der Waals surface area contributed by atoms with Crippen molar-refractivity contribution in [2.45, 2.75) is 20.3 Å². The first-order valence-corrected chi connectivity index (χ1v) is 6.69. The lowest BCUT2D eigenvalue weighted by Crippen LogP contribution is -2.14. The van der Waals surface area contributed by atoms with Gasteiger partial charge in [0, 0.05) is 23.1 Å². The molecule has 0 unspecified atom stereocenters. The van der Waals surface area contributed by atoms with Crippen LogP contribution in [0.25, 0.3) is 0 Å². The smallest absolute Gasteiger partial charge is 0.339 e. The van der Waals surface area contributed by atoms with Crippen molar-refractivity contribution >= 4 is 29.2 Å². The molecule has 0 saturated carbocycles. The van der Waals surface area contributed by atoms with Gasteiger partial charge in [-0.25, -0.2) is 9.78 Å². The molecule has 0 radical (unpaired) electrons. The summed E-state index contributed by atoms with van der Waals surface area (Å²) < 4.78 is 0. The first-order valence-electron chi connectivity index (χ1n) is 6.31. The average Bonchev–Trinajstić information content (AvgIpc) is 2.78. The molecule has 0 atom stereocenters. The Hall–Kier alpha value is -2.34. The Morgan fingerprint density at radius 3 is 2.76 bits per heavy atom. The second-order valence-electron chi connectivity index (χ2n) is 4.49. The van der Waals surface area contributed by atoms with E-state index in [1.54, 1.807) is 13.0 Å². The Balaban J connectivity index is 2.30. The number of aromatic carboxylic acids is 1. The monoisotopic (exact) mass is 307 g/mol. The summed E-state index contributed by atoms with van der Waals surface area (Å²) in [7, 11) is 0. The van der Waals surface area contributed by atoms with Gasteiger partial charge in [0.1, 0.15) is 10.7 Å². The second-order valence-corrected chi connectivity index (χ2v) is 4.87. The van der Waals surface area contributed by atoms with Crippen LogP contribution < -0.4 is 5.32 Å². The number of hydrogen-bond acceptors (Lipinski definition) is 3. The number of rotatable bonds is 4. The predicted octanol–water partition coefficient (Wildman–Crippen LogP) is 2.88. The number of anilines is 1. The van der Waals surface area contributed by atoms with Crippen LogP contribution in [-0.4, -0.2) is 27.0 Å². The van der Waals surface area contributed by atoms with E-state index in [9.17, 15) is 9.59 Å². The van der Waals surface area contributed by atoms with Crippen LogP contribution in [0.2, 0.25) is 5.15 Å². The number of aryl methyl sites for hydroxylation is 2. The fourth-order valence-electron chi connectivity index (χ4n) is 1.96. The van der Waals surface area contributed by atoms with Crippen LogP contribution in [0.15, 0.2) is 18.3 Å². The van der Waals surface area contributed by atoms with Gasteiger partial charge in [-0.05, 0) is 25.5 Å². The maximum atomic E-state index is 12.2. The van der Waals surface area contributed by atoms with Gasteiger partial charge in [0.2, 0.25) is 0 Å². The van der Waals surface area contributed by atoms with Crippen molar-refractivity contribution < 1.29 is 14.7 Å². The van der Waals surface area contributed by atoms with Gasteiger partial charge in [-0.3, -0.25) is 4.79 Å². The number of carboxylic acids is 1. The van der Waals surface area contributed by atoms with E-state index in [1.807, 2.05) is 6.92 Å². The molecule has 1 amide bonds. The number of carbonyl (C=O) groups excluding carboxylic acids is 1. The number of amides is 1. The minimum absolute atomic E-state index is 0.0409. The van der Waals surface area contributed by atoms with Crippen molar-refractivity contribution in [3.8, 4) is 0 Å². The van der Waals surface area contributed by atoms with Crippen LogP contribution in [0.1, 0.15) is 39.0 Å². The molecule has 7 heteroatoms. The van der Waals surface area contributed by atoms with Crippen LogP contribution in [0.3, 0.4) is 0 Å². The highest BCUT2D eigenvalue weighted by Crippen LogP contribution is 2.20. The van der Waals surface area contributed by atoms with E-state index in [0.717, 1.165) is 0 Å². The van der Waals surface area contributed by atoms with Crippen LogP contribution >= 0.6 is 11.6 Å². The number of aromatic nitrogens is 2. The minimum atomic E-state index is -1.11. The first kappa shape index (κ1) is 15.1. The number of nitrogens with one attached hydrogen (secondary N) is 2. The van der Waals surface area contributed by atoms with Crippen molar-refractivity contribution in [3.05, 3.63) is 46.0 Å². The van der Waals surface area contributed by atoms with Gasteiger partial charge in [-0.1, -0.05) is 18.5 Å². The summed E-state index contributed by atoms with van der Waals surface area (Å²) in [5.74, 6) is -1.54. The predicted molar refractivity (Wildman–Crippen MR) is 79.1 cm³/mol. The van der Waals surface area contributed by atoms with E-state index < -0.39 is 11.9 Å². The Labute approximate surface area is 126 Å². The van der Waals surface area contributed by atoms with E-state index >= 15 is 0 Å². The zero-order valence-electron chi connectivity index (χ0n) is 11.5. The lowest BCUT2D eigenvalue weighted by atomic mass is 10.1. The summed E-state index contributed by atoms with van der Waals surface area (Å²) in [5.41, 5.74) is 1.76. The van der Waals surface area contributed by atoms with E-state index in [1.165, 1.54) is 12.3 Å². The summed E-state index contributed by atoms with van der Waals surface area (Å²) in [5, 5.41) is 11.9. The highest BCUT2D eigenvalue weighted by atomic mass is 35.5. The molecule has 0 aliphatic rings. The molecule has 2 heterocycles. The average molecular weight is 308 g/mol. The molecule has 110 valence electrons. The van der Waals surface area contributed by atoms with Crippen LogP contribution in [0.5, 0.6) is 0 Å². The van der Waals surface area contributed by atoms with E-state index in [-0.39, 0.29) is 16.4 Å². The molecule has 0 aliphatic carbocycles. The first-order chi connectivity index (χ1) is 9.92. The Morgan fingerprint density at radius 1 is 1.43 bits per heavy atom.